The van der Waals surface area contributed by atoms with E-state index in [2.05, 4.69) is 9.80 Å². The Hall–Kier alpha value is -2.90. The van der Waals surface area contributed by atoms with Crippen LogP contribution in [0.2, 0.25) is 0 Å². The highest BCUT2D eigenvalue weighted by molar-refractivity contribution is 5.83. The summed E-state index contributed by atoms with van der Waals surface area (Å²) < 4.78 is 28.1. The molecule has 4 heterocycles. The molecule has 0 bridgehead atoms. The summed E-state index contributed by atoms with van der Waals surface area (Å²) in [5, 5.41) is 1.31. The predicted octanol–water partition coefficient (Wildman–Crippen LogP) is 4.36. The Kier molecular flexibility index (Phi) is 6.20. The van der Waals surface area contributed by atoms with Gasteiger partial charge in [0.2, 0.25) is 0 Å². The molecular weight excluding hydrogens is 445 g/mol. The molecule has 1 aromatic heterocycles. The molecule has 0 unspecified atom stereocenters. The van der Waals surface area contributed by atoms with E-state index in [-0.39, 0.29) is 23.2 Å². The summed E-state index contributed by atoms with van der Waals surface area (Å²) in [4.78, 5) is 18.0. The van der Waals surface area contributed by atoms with Crippen molar-refractivity contribution < 1.29 is 13.9 Å². The fourth-order valence-electron chi connectivity index (χ4n) is 5.74. The topological polar surface area (TPSA) is 46.9 Å². The van der Waals surface area contributed by atoms with Crippen molar-refractivity contribution in [2.45, 2.75) is 44.2 Å². The summed E-state index contributed by atoms with van der Waals surface area (Å²) in [6.07, 6.45) is 7.54. The smallest absolute Gasteiger partial charge is 0.263 e. The Morgan fingerprint density at radius 3 is 2.69 bits per heavy atom. The number of aromatic nitrogens is 1. The van der Waals surface area contributed by atoms with E-state index in [0.29, 0.717) is 23.8 Å². The quantitative estimate of drug-likeness (QED) is 0.528. The second kappa shape index (κ2) is 9.63. The number of halogens is 1. The van der Waals surface area contributed by atoms with Crippen molar-refractivity contribution >= 4 is 16.5 Å². The van der Waals surface area contributed by atoms with Gasteiger partial charge in [-0.05, 0) is 93.0 Å². The molecule has 2 atom stereocenters. The largest absolute Gasteiger partial charge is 0.491 e. The molecule has 184 valence electrons. The van der Waals surface area contributed by atoms with Gasteiger partial charge >= 0.3 is 0 Å². The molecule has 0 aliphatic carbocycles. The maximum Gasteiger partial charge on any atom is 0.263 e. The van der Waals surface area contributed by atoms with Crippen molar-refractivity contribution in [2.24, 2.45) is 0 Å². The fourth-order valence-corrected chi connectivity index (χ4v) is 5.74. The number of ether oxygens (including phenoxy) is 2. The van der Waals surface area contributed by atoms with Crippen LogP contribution in [0, 0.1) is 5.82 Å². The Labute approximate surface area is 204 Å². The van der Waals surface area contributed by atoms with Gasteiger partial charge in [-0.1, -0.05) is 0 Å². The number of hydrogen-bond acceptors (Lipinski definition) is 5. The van der Waals surface area contributed by atoms with Gasteiger partial charge in [-0.15, -0.1) is 0 Å². The van der Waals surface area contributed by atoms with Crippen LogP contribution in [0.1, 0.15) is 32.1 Å². The number of likely N-dealkylation sites (tertiary alicyclic amines) is 1. The number of fused-ring (bicyclic) bond motifs is 1. The SMILES string of the molecule is O=c1c2ccc(OC[C@@H]3CCCO3)cc2ccn1-c1ccc(N2CC[C@@H](N3CCCC3)C2)cc1F. The van der Waals surface area contributed by atoms with E-state index in [9.17, 15) is 4.79 Å². The molecule has 6 nitrogen and oxygen atoms in total. The summed E-state index contributed by atoms with van der Waals surface area (Å²) >= 11 is 0. The molecule has 0 saturated carbocycles. The number of hydrogen-bond donors (Lipinski definition) is 0. The highest BCUT2D eigenvalue weighted by Crippen LogP contribution is 2.28. The number of rotatable bonds is 6. The molecule has 3 saturated heterocycles. The summed E-state index contributed by atoms with van der Waals surface area (Å²) in [5.41, 5.74) is 0.916. The molecule has 3 fully saturated rings. The lowest BCUT2D eigenvalue weighted by molar-refractivity contribution is 0.0680. The van der Waals surface area contributed by atoms with Crippen molar-refractivity contribution in [3.63, 3.8) is 0 Å². The van der Waals surface area contributed by atoms with E-state index in [1.807, 2.05) is 18.2 Å². The van der Waals surface area contributed by atoms with E-state index in [0.717, 1.165) is 50.0 Å². The van der Waals surface area contributed by atoms with Gasteiger partial charge in [0.25, 0.3) is 5.56 Å². The van der Waals surface area contributed by atoms with Crippen LogP contribution in [0.5, 0.6) is 5.75 Å². The van der Waals surface area contributed by atoms with Crippen molar-refractivity contribution in [2.75, 3.05) is 44.3 Å². The summed E-state index contributed by atoms with van der Waals surface area (Å²) in [6.45, 7) is 5.54. The first kappa shape index (κ1) is 22.6. The van der Waals surface area contributed by atoms with Crippen molar-refractivity contribution in [3.05, 3.63) is 64.8 Å². The minimum absolute atomic E-state index is 0.135. The van der Waals surface area contributed by atoms with Crippen LogP contribution in [-0.2, 0) is 4.74 Å². The molecule has 0 spiro atoms. The molecule has 2 aromatic carbocycles. The van der Waals surface area contributed by atoms with E-state index in [4.69, 9.17) is 9.47 Å². The molecular formula is C28H32FN3O3. The number of anilines is 1. The van der Waals surface area contributed by atoms with Crippen LogP contribution in [0.3, 0.4) is 0 Å². The maximum atomic E-state index is 15.3. The zero-order valence-electron chi connectivity index (χ0n) is 20.0. The van der Waals surface area contributed by atoms with Gasteiger partial charge in [0.05, 0.1) is 11.8 Å². The second-order valence-corrected chi connectivity index (χ2v) is 9.95. The summed E-state index contributed by atoms with van der Waals surface area (Å²) in [5.74, 6) is 0.323. The van der Waals surface area contributed by atoms with Crippen LogP contribution < -0.4 is 15.2 Å². The second-order valence-electron chi connectivity index (χ2n) is 9.95. The van der Waals surface area contributed by atoms with Crippen LogP contribution in [0.25, 0.3) is 16.5 Å². The lowest BCUT2D eigenvalue weighted by Crippen LogP contribution is -2.35. The van der Waals surface area contributed by atoms with Crippen LogP contribution in [-0.4, -0.2) is 61.0 Å². The third kappa shape index (κ3) is 4.55. The summed E-state index contributed by atoms with van der Waals surface area (Å²) in [6, 6.07) is 13.0. The lowest BCUT2D eigenvalue weighted by Gasteiger charge is -2.24. The minimum atomic E-state index is -0.384. The number of nitrogens with zero attached hydrogens (tertiary/aromatic N) is 3. The van der Waals surface area contributed by atoms with Crippen molar-refractivity contribution in [1.29, 1.82) is 0 Å². The maximum absolute atomic E-state index is 15.3. The van der Waals surface area contributed by atoms with E-state index >= 15 is 4.39 Å². The Bertz CT molecular complexity index is 1260. The fraction of sp³-hybridized carbons (Fsp3) is 0.464. The first-order valence-corrected chi connectivity index (χ1v) is 12.8. The standard InChI is InChI=1S/C28H32FN3O3/c29-26-17-21(31-13-10-22(18-31)30-11-1-2-12-30)5-8-27(26)32-14-9-20-16-23(6-7-25(20)28(32)33)35-19-24-4-3-15-34-24/h5-9,14,16-17,22,24H,1-4,10-13,15,18-19H2/t22-,24+/m1/s1. The van der Waals surface area contributed by atoms with E-state index in [1.54, 1.807) is 30.5 Å². The van der Waals surface area contributed by atoms with Gasteiger partial charge in [0.1, 0.15) is 18.2 Å². The lowest BCUT2D eigenvalue weighted by atomic mass is 10.1. The molecule has 0 radical (unpaired) electrons. The van der Waals surface area contributed by atoms with E-state index in [1.165, 1.54) is 30.5 Å². The molecule has 0 amide bonds. The molecule has 3 aliphatic rings. The zero-order chi connectivity index (χ0) is 23.8. The van der Waals surface area contributed by atoms with Crippen molar-refractivity contribution in [1.82, 2.24) is 9.47 Å². The monoisotopic (exact) mass is 477 g/mol. The van der Waals surface area contributed by atoms with Gasteiger partial charge in [-0.3, -0.25) is 14.3 Å². The Balaban J connectivity index is 1.20. The third-order valence-corrected chi connectivity index (χ3v) is 7.71. The molecule has 7 heteroatoms. The first-order valence-electron chi connectivity index (χ1n) is 12.8. The van der Waals surface area contributed by atoms with Gasteiger partial charge in [-0.2, -0.15) is 0 Å². The van der Waals surface area contributed by atoms with Crippen molar-refractivity contribution in [3.8, 4) is 11.4 Å². The molecule has 6 rings (SSSR count). The van der Waals surface area contributed by atoms with E-state index < -0.39 is 0 Å². The number of benzene rings is 2. The van der Waals surface area contributed by atoms with Crippen LogP contribution >= 0.6 is 0 Å². The first-order chi connectivity index (χ1) is 17.2. The average molecular weight is 478 g/mol. The summed E-state index contributed by atoms with van der Waals surface area (Å²) in [7, 11) is 0. The molecule has 0 N–H and O–H groups in total. The van der Waals surface area contributed by atoms with Gasteiger partial charge < -0.3 is 14.4 Å². The highest BCUT2D eigenvalue weighted by atomic mass is 19.1. The zero-order valence-corrected chi connectivity index (χ0v) is 20.0. The Morgan fingerprint density at radius 2 is 1.89 bits per heavy atom. The van der Waals surface area contributed by atoms with Crippen LogP contribution in [0.15, 0.2) is 53.5 Å². The normalized spacial score (nSPS) is 22.9. The Morgan fingerprint density at radius 1 is 1.00 bits per heavy atom. The molecule has 35 heavy (non-hydrogen) atoms. The molecule has 3 aromatic rings. The highest BCUT2D eigenvalue weighted by Gasteiger charge is 2.29. The van der Waals surface area contributed by atoms with Gasteiger partial charge in [-0.25, -0.2) is 4.39 Å². The predicted molar refractivity (Wildman–Crippen MR) is 135 cm³/mol. The molecule has 3 aliphatic heterocycles. The average Bonchev–Trinajstić information content (AvgIpc) is 3.66. The van der Waals surface area contributed by atoms with Gasteiger partial charge in [0, 0.05) is 43.0 Å². The van der Waals surface area contributed by atoms with Crippen LogP contribution in [0.4, 0.5) is 10.1 Å². The number of pyridine rings is 1. The minimum Gasteiger partial charge on any atom is -0.491 e. The van der Waals surface area contributed by atoms with Gasteiger partial charge in [0.15, 0.2) is 0 Å². The third-order valence-electron chi connectivity index (χ3n) is 7.71.